The summed E-state index contributed by atoms with van der Waals surface area (Å²) in [6.07, 6.45) is 3.81. The van der Waals surface area contributed by atoms with E-state index < -0.39 is 6.04 Å². The Balaban J connectivity index is 1.55. The first kappa shape index (κ1) is 15.5. The van der Waals surface area contributed by atoms with Gasteiger partial charge in [0, 0.05) is 23.7 Å². The van der Waals surface area contributed by atoms with Crippen molar-refractivity contribution in [2.24, 2.45) is 0 Å². The SMILES string of the molecule is O=C(CCn1cncn1)N[C@@H]1CCN(c2cccc(Cl)c2)C1=O. The number of carbonyl (C=O) groups excluding carboxylic acids is 2. The van der Waals surface area contributed by atoms with E-state index in [1.807, 2.05) is 6.07 Å². The second-order valence-electron chi connectivity index (χ2n) is 5.29. The number of carbonyl (C=O) groups is 2. The molecule has 1 aliphatic rings. The predicted molar refractivity (Wildman–Crippen MR) is 85.0 cm³/mol. The van der Waals surface area contributed by atoms with E-state index in [1.165, 1.54) is 6.33 Å². The van der Waals surface area contributed by atoms with Crippen LogP contribution in [0.25, 0.3) is 0 Å². The molecule has 0 saturated carbocycles. The minimum atomic E-state index is -0.489. The van der Waals surface area contributed by atoms with E-state index >= 15 is 0 Å². The van der Waals surface area contributed by atoms with Gasteiger partial charge in [-0.05, 0) is 24.6 Å². The largest absolute Gasteiger partial charge is 0.344 e. The van der Waals surface area contributed by atoms with Gasteiger partial charge in [0.15, 0.2) is 0 Å². The molecule has 0 bridgehead atoms. The van der Waals surface area contributed by atoms with E-state index in [2.05, 4.69) is 15.4 Å². The van der Waals surface area contributed by atoms with Crippen molar-refractivity contribution in [2.45, 2.75) is 25.4 Å². The standard InChI is InChI=1S/C15H16ClN5O2/c16-11-2-1-3-12(8-11)21-7-4-13(15(21)23)19-14(22)5-6-20-10-17-9-18-20/h1-3,8-10,13H,4-7H2,(H,19,22)/t13-/m1/s1. The predicted octanol–water partition coefficient (Wildman–Crippen LogP) is 1.24. The van der Waals surface area contributed by atoms with Crippen LogP contribution in [0, 0.1) is 0 Å². The maximum atomic E-state index is 12.4. The minimum Gasteiger partial charge on any atom is -0.344 e. The number of hydrogen-bond donors (Lipinski definition) is 1. The summed E-state index contributed by atoms with van der Waals surface area (Å²) in [5, 5.41) is 7.29. The van der Waals surface area contributed by atoms with Crippen molar-refractivity contribution in [3.05, 3.63) is 41.9 Å². The van der Waals surface area contributed by atoms with Crippen LogP contribution in [0.2, 0.25) is 5.02 Å². The van der Waals surface area contributed by atoms with Gasteiger partial charge in [0.05, 0.1) is 6.54 Å². The highest BCUT2D eigenvalue weighted by atomic mass is 35.5. The van der Waals surface area contributed by atoms with Gasteiger partial charge in [-0.15, -0.1) is 0 Å². The van der Waals surface area contributed by atoms with Crippen LogP contribution in [0.5, 0.6) is 0 Å². The zero-order chi connectivity index (χ0) is 16.2. The van der Waals surface area contributed by atoms with Crippen LogP contribution in [0.3, 0.4) is 0 Å². The Morgan fingerprint density at radius 3 is 3.04 bits per heavy atom. The van der Waals surface area contributed by atoms with Crippen LogP contribution in [-0.2, 0) is 16.1 Å². The summed E-state index contributed by atoms with van der Waals surface area (Å²) in [6.45, 7) is 0.998. The van der Waals surface area contributed by atoms with Gasteiger partial charge >= 0.3 is 0 Å². The Kier molecular flexibility index (Phi) is 4.57. The van der Waals surface area contributed by atoms with E-state index in [0.29, 0.717) is 24.5 Å². The average Bonchev–Trinajstić information content (AvgIpc) is 3.16. The molecule has 0 spiro atoms. The third-order valence-electron chi connectivity index (χ3n) is 3.70. The quantitative estimate of drug-likeness (QED) is 0.892. The molecular formula is C15H16ClN5O2. The second kappa shape index (κ2) is 6.78. The molecule has 1 atom stereocenters. The van der Waals surface area contributed by atoms with E-state index in [1.54, 1.807) is 34.1 Å². The minimum absolute atomic E-state index is 0.110. The summed E-state index contributed by atoms with van der Waals surface area (Å²) in [4.78, 5) is 29.9. The van der Waals surface area contributed by atoms with Gasteiger partial charge in [-0.2, -0.15) is 5.10 Å². The van der Waals surface area contributed by atoms with Gasteiger partial charge in [-0.1, -0.05) is 17.7 Å². The summed E-state index contributed by atoms with van der Waals surface area (Å²) in [5.74, 6) is -0.284. The molecule has 2 heterocycles. The molecule has 1 N–H and O–H groups in total. The van der Waals surface area contributed by atoms with Crippen molar-refractivity contribution in [1.82, 2.24) is 20.1 Å². The third kappa shape index (κ3) is 3.68. The summed E-state index contributed by atoms with van der Waals surface area (Å²) >= 11 is 5.96. The average molecular weight is 334 g/mol. The zero-order valence-electron chi connectivity index (χ0n) is 12.4. The lowest BCUT2D eigenvalue weighted by Crippen LogP contribution is -2.41. The Labute approximate surface area is 138 Å². The Morgan fingerprint density at radius 2 is 2.30 bits per heavy atom. The van der Waals surface area contributed by atoms with E-state index in [9.17, 15) is 9.59 Å². The smallest absolute Gasteiger partial charge is 0.249 e. The molecule has 1 aromatic carbocycles. The number of aryl methyl sites for hydroxylation is 1. The first-order valence-corrected chi connectivity index (χ1v) is 7.70. The maximum absolute atomic E-state index is 12.4. The van der Waals surface area contributed by atoms with Crippen molar-refractivity contribution in [3.63, 3.8) is 0 Å². The van der Waals surface area contributed by atoms with Crippen LogP contribution < -0.4 is 10.2 Å². The second-order valence-corrected chi connectivity index (χ2v) is 5.72. The first-order chi connectivity index (χ1) is 11.1. The van der Waals surface area contributed by atoms with Crippen LogP contribution in [-0.4, -0.2) is 39.2 Å². The summed E-state index contributed by atoms with van der Waals surface area (Å²) in [7, 11) is 0. The van der Waals surface area contributed by atoms with Gasteiger partial charge < -0.3 is 10.2 Å². The highest BCUT2D eigenvalue weighted by molar-refractivity contribution is 6.31. The molecule has 0 aliphatic carbocycles. The summed E-state index contributed by atoms with van der Waals surface area (Å²) in [5.41, 5.74) is 0.752. The molecule has 1 aliphatic heterocycles. The fourth-order valence-corrected chi connectivity index (χ4v) is 2.73. The number of hydrogen-bond acceptors (Lipinski definition) is 4. The van der Waals surface area contributed by atoms with E-state index in [4.69, 9.17) is 11.6 Å². The number of halogens is 1. The van der Waals surface area contributed by atoms with Gasteiger partial charge in [0.1, 0.15) is 18.7 Å². The fourth-order valence-electron chi connectivity index (χ4n) is 2.55. The monoisotopic (exact) mass is 333 g/mol. The molecule has 120 valence electrons. The molecule has 1 fully saturated rings. The lowest BCUT2D eigenvalue weighted by molar-refractivity contribution is -0.126. The third-order valence-corrected chi connectivity index (χ3v) is 3.93. The highest BCUT2D eigenvalue weighted by Gasteiger charge is 2.33. The lowest BCUT2D eigenvalue weighted by atomic mass is 10.2. The normalized spacial score (nSPS) is 17.5. The zero-order valence-corrected chi connectivity index (χ0v) is 13.1. The first-order valence-electron chi connectivity index (χ1n) is 7.32. The summed E-state index contributed by atoms with van der Waals surface area (Å²) < 4.78 is 1.58. The van der Waals surface area contributed by atoms with Gasteiger partial charge in [0.2, 0.25) is 11.8 Å². The topological polar surface area (TPSA) is 80.1 Å². The van der Waals surface area contributed by atoms with Crippen LogP contribution in [0.15, 0.2) is 36.9 Å². The molecule has 1 saturated heterocycles. The molecule has 7 nitrogen and oxygen atoms in total. The Hall–Kier alpha value is -2.41. The van der Waals surface area contributed by atoms with Gasteiger partial charge in [-0.3, -0.25) is 14.3 Å². The molecular weight excluding hydrogens is 318 g/mol. The van der Waals surface area contributed by atoms with Gasteiger partial charge in [-0.25, -0.2) is 4.98 Å². The number of benzene rings is 1. The maximum Gasteiger partial charge on any atom is 0.249 e. The number of rotatable bonds is 5. The van der Waals surface area contributed by atoms with Crippen molar-refractivity contribution in [3.8, 4) is 0 Å². The van der Waals surface area contributed by atoms with Crippen LogP contribution in [0.1, 0.15) is 12.8 Å². The number of nitrogens with zero attached hydrogens (tertiary/aromatic N) is 4. The Morgan fingerprint density at radius 1 is 1.43 bits per heavy atom. The Bertz CT molecular complexity index is 704. The van der Waals surface area contributed by atoms with Crippen LogP contribution >= 0.6 is 11.6 Å². The molecule has 3 rings (SSSR count). The molecule has 8 heteroatoms. The van der Waals surface area contributed by atoms with Crippen molar-refractivity contribution in [2.75, 3.05) is 11.4 Å². The van der Waals surface area contributed by atoms with E-state index in [-0.39, 0.29) is 18.2 Å². The van der Waals surface area contributed by atoms with Crippen molar-refractivity contribution in [1.29, 1.82) is 0 Å². The molecule has 0 unspecified atom stereocenters. The molecule has 2 amide bonds. The molecule has 0 radical (unpaired) electrons. The highest BCUT2D eigenvalue weighted by Crippen LogP contribution is 2.24. The number of aromatic nitrogens is 3. The molecule has 2 aromatic rings. The van der Waals surface area contributed by atoms with E-state index in [0.717, 1.165) is 5.69 Å². The molecule has 23 heavy (non-hydrogen) atoms. The van der Waals surface area contributed by atoms with Crippen molar-refractivity contribution < 1.29 is 9.59 Å². The number of nitrogens with one attached hydrogen (secondary N) is 1. The molecule has 1 aromatic heterocycles. The van der Waals surface area contributed by atoms with Gasteiger partial charge in [0.25, 0.3) is 0 Å². The van der Waals surface area contributed by atoms with Crippen LogP contribution in [0.4, 0.5) is 5.69 Å². The fraction of sp³-hybridized carbons (Fsp3) is 0.333. The van der Waals surface area contributed by atoms with Crippen molar-refractivity contribution >= 4 is 29.1 Å². The number of amides is 2. The number of anilines is 1. The lowest BCUT2D eigenvalue weighted by Gasteiger charge is -2.17. The summed E-state index contributed by atoms with van der Waals surface area (Å²) in [6, 6.07) is 6.65.